The third-order valence-electron chi connectivity index (χ3n) is 3.97. The van der Waals surface area contributed by atoms with Crippen LogP contribution in [-0.4, -0.2) is 44.3 Å². The van der Waals surface area contributed by atoms with Crippen LogP contribution >= 0.6 is 0 Å². The van der Waals surface area contributed by atoms with Crippen LogP contribution in [0.4, 0.5) is 4.79 Å². The normalized spacial score (nSPS) is 15.4. The summed E-state index contributed by atoms with van der Waals surface area (Å²) in [6, 6.07) is 15.0. The van der Waals surface area contributed by atoms with E-state index in [1.54, 1.807) is 19.1 Å². The number of rotatable bonds is 5. The van der Waals surface area contributed by atoms with Crippen molar-refractivity contribution in [1.29, 1.82) is 0 Å². The molecule has 25 heavy (non-hydrogen) atoms. The number of methoxy groups -OCH3 is 1. The number of nitrogens with one attached hydrogen (secondary N) is 1. The van der Waals surface area contributed by atoms with E-state index in [9.17, 15) is 4.79 Å². The number of carbonyl (C=O) groups excluding carboxylic acids is 1. The second-order valence-electron chi connectivity index (χ2n) is 5.89. The summed E-state index contributed by atoms with van der Waals surface area (Å²) in [6.07, 6.45) is -0.201. The quantitative estimate of drug-likeness (QED) is 0.908. The Morgan fingerprint density at radius 1 is 1.20 bits per heavy atom. The monoisotopic (exact) mass is 342 g/mol. The van der Waals surface area contributed by atoms with Crippen molar-refractivity contribution in [2.75, 3.05) is 27.3 Å². The standard InChI is InChI=1S/C19H22N2O4/c1-21(12-14-7-9-15(23-2)10-8-14)19(22)20-11-16-13-24-17-5-3-4-6-18(17)25-16/h3-10,16H,11-13H2,1-2H3,(H,20,22). The van der Waals surface area contributed by atoms with Crippen molar-refractivity contribution in [3.05, 3.63) is 54.1 Å². The van der Waals surface area contributed by atoms with Gasteiger partial charge in [0.15, 0.2) is 17.6 Å². The molecule has 6 heteroatoms. The molecule has 0 aliphatic carbocycles. The molecule has 132 valence electrons. The Hall–Kier alpha value is -2.89. The zero-order valence-corrected chi connectivity index (χ0v) is 14.4. The topological polar surface area (TPSA) is 60.0 Å². The number of ether oxygens (including phenoxy) is 3. The minimum atomic E-state index is -0.201. The molecule has 6 nitrogen and oxygen atoms in total. The van der Waals surface area contributed by atoms with E-state index in [2.05, 4.69) is 5.32 Å². The lowest BCUT2D eigenvalue weighted by atomic mass is 10.2. The molecule has 0 radical (unpaired) electrons. The third kappa shape index (κ3) is 4.35. The average Bonchev–Trinajstić information content (AvgIpc) is 2.66. The second-order valence-corrected chi connectivity index (χ2v) is 5.89. The first kappa shape index (κ1) is 17.0. The van der Waals surface area contributed by atoms with Crippen molar-refractivity contribution in [3.8, 4) is 17.2 Å². The predicted octanol–water partition coefficient (Wildman–Crippen LogP) is 2.68. The summed E-state index contributed by atoms with van der Waals surface area (Å²) < 4.78 is 16.6. The fourth-order valence-corrected chi connectivity index (χ4v) is 2.58. The second kappa shape index (κ2) is 7.79. The minimum absolute atomic E-state index is 0.154. The van der Waals surface area contributed by atoms with Gasteiger partial charge in [-0.25, -0.2) is 4.79 Å². The number of hydrogen-bond acceptors (Lipinski definition) is 4. The van der Waals surface area contributed by atoms with Crippen molar-refractivity contribution < 1.29 is 19.0 Å². The molecule has 2 aromatic carbocycles. The highest BCUT2D eigenvalue weighted by molar-refractivity contribution is 5.73. The number of urea groups is 1. The lowest BCUT2D eigenvalue weighted by Crippen LogP contribution is -2.44. The SMILES string of the molecule is COc1ccc(CN(C)C(=O)NCC2COc3ccccc3O2)cc1. The smallest absolute Gasteiger partial charge is 0.317 e. The molecule has 1 unspecified atom stereocenters. The minimum Gasteiger partial charge on any atom is -0.497 e. The lowest BCUT2D eigenvalue weighted by Gasteiger charge is -2.27. The van der Waals surface area contributed by atoms with E-state index in [1.807, 2.05) is 48.5 Å². The van der Waals surface area contributed by atoms with E-state index in [0.717, 1.165) is 17.1 Å². The Morgan fingerprint density at radius 3 is 2.64 bits per heavy atom. The van der Waals surface area contributed by atoms with Crippen molar-refractivity contribution in [3.63, 3.8) is 0 Å². The number of nitrogens with zero attached hydrogens (tertiary/aromatic N) is 1. The average molecular weight is 342 g/mol. The van der Waals surface area contributed by atoms with Crippen LogP contribution < -0.4 is 19.5 Å². The van der Waals surface area contributed by atoms with Gasteiger partial charge in [0.2, 0.25) is 0 Å². The molecular formula is C19H22N2O4. The van der Waals surface area contributed by atoms with Crippen LogP contribution in [0.2, 0.25) is 0 Å². The van der Waals surface area contributed by atoms with Crippen molar-refractivity contribution >= 4 is 6.03 Å². The van der Waals surface area contributed by atoms with Crippen molar-refractivity contribution in [1.82, 2.24) is 10.2 Å². The highest BCUT2D eigenvalue weighted by Crippen LogP contribution is 2.30. The van der Waals surface area contributed by atoms with Gasteiger partial charge in [-0.2, -0.15) is 0 Å². The molecule has 1 aliphatic heterocycles. The first-order valence-electron chi connectivity index (χ1n) is 8.16. The molecule has 1 heterocycles. The van der Waals surface area contributed by atoms with E-state index in [-0.39, 0.29) is 12.1 Å². The molecule has 1 aliphatic rings. The van der Waals surface area contributed by atoms with Gasteiger partial charge in [-0.15, -0.1) is 0 Å². The van der Waals surface area contributed by atoms with Gasteiger partial charge < -0.3 is 24.4 Å². The highest BCUT2D eigenvalue weighted by Gasteiger charge is 2.21. The van der Waals surface area contributed by atoms with Crippen LogP contribution in [0.25, 0.3) is 0 Å². The van der Waals surface area contributed by atoms with Gasteiger partial charge in [0.1, 0.15) is 12.4 Å². The Labute approximate surface area is 147 Å². The van der Waals surface area contributed by atoms with Crippen LogP contribution in [-0.2, 0) is 6.54 Å². The fraction of sp³-hybridized carbons (Fsp3) is 0.316. The Kier molecular flexibility index (Phi) is 5.28. The molecule has 0 saturated heterocycles. The fourth-order valence-electron chi connectivity index (χ4n) is 2.58. The van der Waals surface area contributed by atoms with Gasteiger partial charge in [0.05, 0.1) is 13.7 Å². The van der Waals surface area contributed by atoms with E-state index in [1.165, 1.54) is 0 Å². The molecule has 1 atom stereocenters. The molecule has 3 rings (SSSR count). The van der Waals surface area contributed by atoms with E-state index < -0.39 is 0 Å². The number of hydrogen-bond donors (Lipinski definition) is 1. The molecule has 0 aromatic heterocycles. The molecule has 0 spiro atoms. The molecular weight excluding hydrogens is 320 g/mol. The Balaban J connectivity index is 1.47. The first-order chi connectivity index (χ1) is 12.2. The van der Waals surface area contributed by atoms with Gasteiger partial charge in [0, 0.05) is 13.6 Å². The summed E-state index contributed by atoms with van der Waals surface area (Å²) in [6.45, 7) is 1.32. The number of carbonyl (C=O) groups is 1. The Bertz CT molecular complexity index is 718. The van der Waals surface area contributed by atoms with Gasteiger partial charge in [0.25, 0.3) is 0 Å². The summed E-state index contributed by atoms with van der Waals surface area (Å²) in [5.74, 6) is 2.24. The first-order valence-corrected chi connectivity index (χ1v) is 8.16. The van der Waals surface area contributed by atoms with Crippen LogP contribution in [0.3, 0.4) is 0 Å². The summed E-state index contributed by atoms with van der Waals surface area (Å²) in [7, 11) is 3.39. The molecule has 0 fully saturated rings. The number of para-hydroxylation sites is 2. The van der Waals surface area contributed by atoms with E-state index in [4.69, 9.17) is 14.2 Å². The van der Waals surface area contributed by atoms with Gasteiger partial charge in [-0.1, -0.05) is 24.3 Å². The highest BCUT2D eigenvalue weighted by atomic mass is 16.6. The maximum Gasteiger partial charge on any atom is 0.317 e. The summed E-state index contributed by atoms with van der Waals surface area (Å²) in [4.78, 5) is 13.9. The van der Waals surface area contributed by atoms with E-state index in [0.29, 0.717) is 25.4 Å². The number of benzene rings is 2. The molecule has 1 N–H and O–H groups in total. The van der Waals surface area contributed by atoms with Crippen LogP contribution in [0.15, 0.2) is 48.5 Å². The van der Waals surface area contributed by atoms with Gasteiger partial charge in [-0.3, -0.25) is 0 Å². The Morgan fingerprint density at radius 2 is 1.92 bits per heavy atom. The number of fused-ring (bicyclic) bond motifs is 1. The van der Waals surface area contributed by atoms with Gasteiger partial charge in [-0.05, 0) is 29.8 Å². The third-order valence-corrected chi connectivity index (χ3v) is 3.97. The van der Waals surface area contributed by atoms with Crippen LogP contribution in [0.1, 0.15) is 5.56 Å². The van der Waals surface area contributed by atoms with E-state index >= 15 is 0 Å². The summed E-state index contributed by atoms with van der Waals surface area (Å²) in [5.41, 5.74) is 1.03. The zero-order chi connectivity index (χ0) is 17.6. The maximum absolute atomic E-state index is 12.3. The van der Waals surface area contributed by atoms with Crippen LogP contribution in [0.5, 0.6) is 17.2 Å². The maximum atomic E-state index is 12.3. The molecule has 0 saturated carbocycles. The molecule has 2 amide bonds. The van der Waals surface area contributed by atoms with Crippen molar-refractivity contribution in [2.45, 2.75) is 12.6 Å². The summed E-state index contributed by atoms with van der Waals surface area (Å²) >= 11 is 0. The summed E-state index contributed by atoms with van der Waals surface area (Å²) in [5, 5.41) is 2.88. The van der Waals surface area contributed by atoms with Gasteiger partial charge >= 0.3 is 6.03 Å². The predicted molar refractivity (Wildman–Crippen MR) is 94.2 cm³/mol. The molecule has 0 bridgehead atoms. The largest absolute Gasteiger partial charge is 0.497 e. The van der Waals surface area contributed by atoms with Crippen LogP contribution in [0, 0.1) is 0 Å². The number of amides is 2. The zero-order valence-electron chi connectivity index (χ0n) is 14.4. The molecule has 2 aromatic rings. The lowest BCUT2D eigenvalue weighted by molar-refractivity contribution is 0.0904. The van der Waals surface area contributed by atoms with Crippen molar-refractivity contribution in [2.24, 2.45) is 0 Å².